The van der Waals surface area contributed by atoms with Gasteiger partial charge in [-0.3, -0.25) is 19.0 Å². The van der Waals surface area contributed by atoms with Gasteiger partial charge in [0.05, 0.1) is 11.4 Å². The van der Waals surface area contributed by atoms with Crippen LogP contribution in [-0.2, 0) is 9.59 Å². The summed E-state index contributed by atoms with van der Waals surface area (Å²) in [6, 6.07) is 18.5. The summed E-state index contributed by atoms with van der Waals surface area (Å²) in [5.74, 6) is -1.17. The molecule has 5 rings (SSSR count). The molecule has 0 aliphatic carbocycles. The summed E-state index contributed by atoms with van der Waals surface area (Å²) in [6.45, 7) is 1.39. The molecule has 204 valence electrons. The first-order valence-corrected chi connectivity index (χ1v) is 12.8. The molecule has 2 amide bonds. The summed E-state index contributed by atoms with van der Waals surface area (Å²) in [5.41, 5.74) is 2.13. The van der Waals surface area contributed by atoms with E-state index in [0.29, 0.717) is 27.8 Å². The largest absolute Gasteiger partial charge is 0.573 e. The maximum Gasteiger partial charge on any atom is 0.573 e. The lowest BCUT2D eigenvalue weighted by molar-refractivity contribution is -0.274. The number of anilines is 2. The molecule has 0 radical (unpaired) electrons. The minimum absolute atomic E-state index is 0.122. The van der Waals surface area contributed by atoms with Gasteiger partial charge >= 0.3 is 6.36 Å². The normalized spacial score (nSPS) is 11.5. The van der Waals surface area contributed by atoms with Gasteiger partial charge in [0.25, 0.3) is 5.56 Å². The van der Waals surface area contributed by atoms with E-state index in [9.17, 15) is 27.6 Å². The quantitative estimate of drug-likeness (QED) is 0.178. The average molecular weight is 568 g/mol. The molecular weight excluding hydrogens is 547 g/mol. The maximum atomic E-state index is 13.6. The third-order valence-electron chi connectivity index (χ3n) is 5.64. The molecule has 40 heavy (non-hydrogen) atoms. The van der Waals surface area contributed by atoms with E-state index in [2.05, 4.69) is 25.3 Å². The molecule has 0 fully saturated rings. The Kier molecular flexibility index (Phi) is 7.22. The summed E-state index contributed by atoms with van der Waals surface area (Å²) < 4.78 is 43.0. The molecular formula is C27H20F3N5O4S. The van der Waals surface area contributed by atoms with E-state index >= 15 is 0 Å². The Hall–Kier alpha value is -4.78. The predicted octanol–water partition coefficient (Wildman–Crippen LogP) is 5.45. The van der Waals surface area contributed by atoms with Crippen LogP contribution in [0.15, 0.2) is 82.7 Å². The standard InChI is InChI=1S/C27H20F3N5O4S/c1-15(36)31-16-6-8-17(9-7-16)32-22(37)14-40-26-34-23-20-4-2-3-5-21(20)33-24(23)25(38)35(26)18-10-12-19(13-11-18)39-27(28,29)30/h2-13,33H,14H2,1H3,(H,31,36)(H,32,37). The summed E-state index contributed by atoms with van der Waals surface area (Å²) >= 11 is 0.994. The number of fused-ring (bicyclic) bond motifs is 3. The number of ether oxygens (including phenoxy) is 1. The van der Waals surface area contributed by atoms with Gasteiger partial charge in [-0.25, -0.2) is 4.98 Å². The minimum Gasteiger partial charge on any atom is -0.406 e. The number of halogens is 3. The van der Waals surface area contributed by atoms with Crippen molar-refractivity contribution in [1.29, 1.82) is 0 Å². The zero-order chi connectivity index (χ0) is 28.4. The number of nitrogens with zero attached hydrogens (tertiary/aromatic N) is 2. The molecule has 5 aromatic rings. The molecule has 0 saturated heterocycles. The molecule has 9 nitrogen and oxygen atoms in total. The fourth-order valence-electron chi connectivity index (χ4n) is 4.03. The number of nitrogens with one attached hydrogen (secondary N) is 3. The SMILES string of the molecule is CC(=O)Nc1ccc(NC(=O)CSc2nc3c([nH]c4ccccc43)c(=O)n2-c2ccc(OC(F)(F)F)cc2)cc1. The number of benzene rings is 3. The van der Waals surface area contributed by atoms with Crippen molar-refractivity contribution < 1.29 is 27.5 Å². The van der Waals surface area contributed by atoms with Crippen molar-refractivity contribution >= 4 is 56.9 Å². The number of aromatic amines is 1. The van der Waals surface area contributed by atoms with Crippen LogP contribution in [0.2, 0.25) is 0 Å². The Morgan fingerprint density at radius 1 is 0.975 bits per heavy atom. The number of alkyl halides is 3. The lowest BCUT2D eigenvalue weighted by Gasteiger charge is -2.14. The average Bonchev–Trinajstić information content (AvgIpc) is 3.27. The fraction of sp³-hybridized carbons (Fsp3) is 0.111. The van der Waals surface area contributed by atoms with Crippen LogP contribution in [0.1, 0.15) is 6.92 Å². The summed E-state index contributed by atoms with van der Waals surface area (Å²) in [7, 11) is 0. The maximum absolute atomic E-state index is 13.6. The molecule has 0 bridgehead atoms. The number of hydrogen-bond donors (Lipinski definition) is 3. The highest BCUT2D eigenvalue weighted by Crippen LogP contribution is 2.28. The van der Waals surface area contributed by atoms with Crippen molar-refractivity contribution in [1.82, 2.24) is 14.5 Å². The number of thioether (sulfide) groups is 1. The van der Waals surface area contributed by atoms with Gasteiger partial charge in [0.2, 0.25) is 11.8 Å². The first kappa shape index (κ1) is 26.8. The lowest BCUT2D eigenvalue weighted by atomic mass is 10.2. The number of para-hydroxylation sites is 1. The van der Waals surface area contributed by atoms with Crippen LogP contribution in [0.3, 0.4) is 0 Å². The number of carbonyl (C=O) groups excluding carboxylic acids is 2. The van der Waals surface area contributed by atoms with E-state index in [1.54, 1.807) is 48.5 Å². The van der Waals surface area contributed by atoms with Crippen molar-refractivity contribution in [3.05, 3.63) is 83.2 Å². The van der Waals surface area contributed by atoms with E-state index in [0.717, 1.165) is 23.9 Å². The first-order valence-electron chi connectivity index (χ1n) is 11.8. The lowest BCUT2D eigenvalue weighted by Crippen LogP contribution is -2.23. The smallest absolute Gasteiger partial charge is 0.406 e. The molecule has 0 saturated carbocycles. The molecule has 13 heteroatoms. The first-order chi connectivity index (χ1) is 19.1. The third-order valence-corrected chi connectivity index (χ3v) is 6.58. The van der Waals surface area contributed by atoms with Crippen molar-refractivity contribution in [2.24, 2.45) is 0 Å². The molecule has 0 aliphatic rings. The Morgan fingerprint density at radius 2 is 1.62 bits per heavy atom. The van der Waals surface area contributed by atoms with Gasteiger partial charge in [-0.15, -0.1) is 13.2 Å². The number of hydrogen-bond acceptors (Lipinski definition) is 6. The topological polar surface area (TPSA) is 118 Å². The van der Waals surface area contributed by atoms with Gasteiger partial charge in [-0.1, -0.05) is 30.0 Å². The number of amides is 2. The van der Waals surface area contributed by atoms with Crippen LogP contribution in [-0.4, -0.2) is 38.5 Å². The summed E-state index contributed by atoms with van der Waals surface area (Å²) in [6.07, 6.45) is -4.86. The fourth-order valence-corrected chi connectivity index (χ4v) is 4.84. The molecule has 0 spiro atoms. The number of rotatable bonds is 7. The van der Waals surface area contributed by atoms with Crippen LogP contribution in [0.5, 0.6) is 5.75 Å². The Bertz CT molecular complexity index is 1780. The van der Waals surface area contributed by atoms with Crippen LogP contribution in [0, 0.1) is 0 Å². The van der Waals surface area contributed by atoms with E-state index in [-0.39, 0.29) is 33.9 Å². The van der Waals surface area contributed by atoms with Crippen LogP contribution >= 0.6 is 11.8 Å². The second-order valence-corrected chi connectivity index (χ2v) is 9.51. The monoisotopic (exact) mass is 567 g/mol. The summed E-state index contributed by atoms with van der Waals surface area (Å²) in [4.78, 5) is 45.3. The van der Waals surface area contributed by atoms with Crippen LogP contribution in [0.25, 0.3) is 27.6 Å². The number of H-pyrrole nitrogens is 1. The van der Waals surface area contributed by atoms with Crippen molar-refractivity contribution in [3.63, 3.8) is 0 Å². The van der Waals surface area contributed by atoms with Crippen LogP contribution in [0.4, 0.5) is 24.5 Å². The van der Waals surface area contributed by atoms with E-state index in [1.165, 1.54) is 23.6 Å². The molecule has 0 aliphatic heterocycles. The zero-order valence-electron chi connectivity index (χ0n) is 20.7. The van der Waals surface area contributed by atoms with E-state index < -0.39 is 17.7 Å². The van der Waals surface area contributed by atoms with Gasteiger partial charge < -0.3 is 20.4 Å². The van der Waals surface area contributed by atoms with Crippen LogP contribution < -0.4 is 20.9 Å². The highest BCUT2D eigenvalue weighted by atomic mass is 32.2. The molecule has 0 unspecified atom stereocenters. The van der Waals surface area contributed by atoms with Gasteiger partial charge in [0.15, 0.2) is 5.16 Å². The van der Waals surface area contributed by atoms with Gasteiger partial charge in [0, 0.05) is 29.2 Å². The molecule has 2 aromatic heterocycles. The molecule has 2 heterocycles. The van der Waals surface area contributed by atoms with E-state index in [1.807, 2.05) is 0 Å². The highest BCUT2D eigenvalue weighted by molar-refractivity contribution is 7.99. The number of aromatic nitrogens is 3. The Morgan fingerprint density at radius 3 is 2.27 bits per heavy atom. The second-order valence-electron chi connectivity index (χ2n) is 8.57. The minimum atomic E-state index is -4.86. The summed E-state index contributed by atoms with van der Waals surface area (Å²) in [5, 5.41) is 6.26. The molecule has 0 atom stereocenters. The zero-order valence-corrected chi connectivity index (χ0v) is 21.5. The van der Waals surface area contributed by atoms with E-state index in [4.69, 9.17) is 0 Å². The Balaban J connectivity index is 1.46. The highest BCUT2D eigenvalue weighted by Gasteiger charge is 2.31. The molecule has 3 aromatic carbocycles. The number of carbonyl (C=O) groups is 2. The second kappa shape index (κ2) is 10.8. The molecule has 3 N–H and O–H groups in total. The van der Waals surface area contributed by atoms with Gasteiger partial charge in [0.1, 0.15) is 16.8 Å². The van der Waals surface area contributed by atoms with Gasteiger partial charge in [-0.05, 0) is 54.6 Å². The Labute approximate surface area is 228 Å². The van der Waals surface area contributed by atoms with Crippen molar-refractivity contribution in [3.8, 4) is 11.4 Å². The predicted molar refractivity (Wildman–Crippen MR) is 146 cm³/mol. The third kappa shape index (κ3) is 5.94. The van der Waals surface area contributed by atoms with Gasteiger partial charge in [-0.2, -0.15) is 0 Å². The van der Waals surface area contributed by atoms with Crippen molar-refractivity contribution in [2.75, 3.05) is 16.4 Å². The van der Waals surface area contributed by atoms with Crippen molar-refractivity contribution in [2.45, 2.75) is 18.4 Å².